The maximum Gasteiger partial charge on any atom is 0.416 e. The van der Waals surface area contributed by atoms with Gasteiger partial charge < -0.3 is 18.3 Å². The normalized spacial score (nSPS) is 12.4. The van der Waals surface area contributed by atoms with E-state index in [0.717, 1.165) is 129 Å². The molecule has 0 N–H and O–H groups in total. The summed E-state index contributed by atoms with van der Waals surface area (Å²) in [5.74, 6) is 0. The number of halogens is 12. The van der Waals surface area contributed by atoms with E-state index in [2.05, 4.69) is 24.3 Å². The molecular weight excluding hydrogens is 1860 g/mol. The number of para-hydroxylation sites is 4. The maximum atomic E-state index is 14.9. The highest BCUT2D eigenvalue weighted by molar-refractivity contribution is 7.27. The van der Waals surface area contributed by atoms with Crippen molar-refractivity contribution in [1.29, 1.82) is 21.0 Å². The summed E-state index contributed by atoms with van der Waals surface area (Å²) >= 11 is 6.14. The molecule has 0 bridgehead atoms. The predicted molar refractivity (Wildman–Crippen MR) is 542 cm³/mol. The van der Waals surface area contributed by atoms with Gasteiger partial charge in [-0.3, -0.25) is 0 Å². The van der Waals surface area contributed by atoms with E-state index in [-0.39, 0.29) is 66.9 Å². The minimum absolute atomic E-state index is 0.0360. The van der Waals surface area contributed by atoms with Crippen LogP contribution >= 0.6 is 45.3 Å². The summed E-state index contributed by atoms with van der Waals surface area (Å²) in [6.07, 6.45) is -18.8. The third-order valence-corrected chi connectivity index (χ3v) is 31.6. The molecule has 0 amide bonds. The molecule has 8 aromatic heterocycles. The summed E-state index contributed by atoms with van der Waals surface area (Å²) in [5.41, 5.74) is 3.90. The van der Waals surface area contributed by atoms with Crippen molar-refractivity contribution in [1.82, 2.24) is 18.3 Å². The minimum atomic E-state index is -4.74. The van der Waals surface area contributed by atoms with Crippen LogP contribution in [0.5, 0.6) is 0 Å². The van der Waals surface area contributed by atoms with Crippen LogP contribution in [0.15, 0.2) is 340 Å². The highest BCUT2D eigenvalue weighted by Crippen LogP contribution is 2.58. The van der Waals surface area contributed by atoms with Crippen LogP contribution in [-0.2, 0) is 24.7 Å². The molecule has 0 spiro atoms. The monoisotopic (exact) mass is 1920 g/mol. The van der Waals surface area contributed by atoms with E-state index < -0.39 is 47.0 Å². The fraction of sp³-hybridized carbons (Fsp3) is 0.0345. The van der Waals surface area contributed by atoms with Crippen molar-refractivity contribution in [3.8, 4) is 91.5 Å². The Kier molecular flexibility index (Phi) is 19.0. The first-order valence-electron chi connectivity index (χ1n) is 44.0. The number of rotatable bonds is 8. The van der Waals surface area contributed by atoms with E-state index in [1.807, 2.05) is 187 Å². The number of benzene rings is 18. The Hall–Kier alpha value is -16.8. The van der Waals surface area contributed by atoms with Gasteiger partial charge in [-0.05, 0) is 132 Å². The Morgan fingerprint density at radius 2 is 0.443 bits per heavy atom. The number of hydrogen-bond acceptors (Lipinski definition) is 8. The Bertz CT molecular complexity index is 9830. The third kappa shape index (κ3) is 12.8. The zero-order valence-corrected chi connectivity index (χ0v) is 75.3. The van der Waals surface area contributed by atoms with Gasteiger partial charge in [-0.2, -0.15) is 73.7 Å². The molecule has 0 aliphatic heterocycles. The molecule has 8 heterocycles. The van der Waals surface area contributed by atoms with Crippen LogP contribution in [0.2, 0.25) is 0 Å². The Labute approximate surface area is 800 Å². The lowest BCUT2D eigenvalue weighted by molar-refractivity contribution is -0.138. The summed E-state index contributed by atoms with van der Waals surface area (Å²) in [5, 5.41) is 59.3. The summed E-state index contributed by atoms with van der Waals surface area (Å²) in [7, 11) is 0. The summed E-state index contributed by atoms with van der Waals surface area (Å²) in [6.45, 7) is 0. The molecule has 0 fully saturated rings. The van der Waals surface area contributed by atoms with Gasteiger partial charge in [0.15, 0.2) is 0 Å². The Morgan fingerprint density at radius 3 is 0.807 bits per heavy atom. The number of hydrogen-bond donors (Lipinski definition) is 0. The molecule has 26 rings (SSSR count). The maximum absolute atomic E-state index is 14.9. The quantitative estimate of drug-likeness (QED) is 0.141. The molecule has 0 saturated heterocycles. The number of thiophene rings is 4. The van der Waals surface area contributed by atoms with Crippen LogP contribution in [0.4, 0.5) is 52.7 Å². The molecule has 0 unspecified atom stereocenters. The number of nitrogens with zero attached hydrogens (tertiary/aromatic N) is 8. The van der Waals surface area contributed by atoms with Crippen molar-refractivity contribution in [2.24, 2.45) is 0 Å². The van der Waals surface area contributed by atoms with Gasteiger partial charge in [0, 0.05) is 157 Å². The average molecular weight is 1920 g/mol. The molecule has 668 valence electrons. The molecule has 140 heavy (non-hydrogen) atoms. The fourth-order valence-electron chi connectivity index (χ4n) is 21.1. The molecule has 0 atom stereocenters. The Morgan fingerprint density at radius 1 is 0.193 bits per heavy atom. The van der Waals surface area contributed by atoms with Gasteiger partial charge in [-0.15, -0.1) is 45.3 Å². The summed E-state index contributed by atoms with van der Waals surface area (Å²) in [4.78, 5) is 0. The lowest BCUT2D eigenvalue weighted by Gasteiger charge is -2.26. The van der Waals surface area contributed by atoms with Gasteiger partial charge in [0.25, 0.3) is 0 Å². The van der Waals surface area contributed by atoms with Crippen molar-refractivity contribution < 1.29 is 52.7 Å². The first-order chi connectivity index (χ1) is 67.8. The third-order valence-electron chi connectivity index (χ3n) is 26.9. The second-order valence-electron chi connectivity index (χ2n) is 34.3. The summed E-state index contributed by atoms with van der Waals surface area (Å²) in [6, 6.07) is 108. The smallest absolute Gasteiger partial charge is 0.308 e. The van der Waals surface area contributed by atoms with Crippen molar-refractivity contribution in [3.05, 3.63) is 384 Å². The molecular formula is C116H56F12N8S4. The van der Waals surface area contributed by atoms with Gasteiger partial charge in [0.05, 0.1) is 111 Å². The van der Waals surface area contributed by atoms with Crippen molar-refractivity contribution >= 4 is 213 Å². The molecule has 0 aliphatic carbocycles. The van der Waals surface area contributed by atoms with Gasteiger partial charge >= 0.3 is 24.7 Å². The van der Waals surface area contributed by atoms with E-state index in [1.54, 1.807) is 121 Å². The minimum Gasteiger partial charge on any atom is -0.308 e. The zero-order valence-electron chi connectivity index (χ0n) is 72.1. The van der Waals surface area contributed by atoms with E-state index >= 15 is 0 Å². The van der Waals surface area contributed by atoms with Gasteiger partial charge in [0.1, 0.15) is 24.3 Å². The number of alkyl halides is 12. The van der Waals surface area contributed by atoms with Crippen LogP contribution in [0.1, 0.15) is 44.5 Å². The largest absolute Gasteiger partial charge is 0.416 e. The van der Waals surface area contributed by atoms with Crippen LogP contribution in [-0.4, -0.2) is 18.3 Å². The van der Waals surface area contributed by atoms with Gasteiger partial charge in [0.2, 0.25) is 0 Å². The molecule has 18 aromatic carbocycles. The highest BCUT2D eigenvalue weighted by Gasteiger charge is 2.41. The summed E-state index contributed by atoms with van der Waals surface area (Å²) < 4.78 is 191. The number of nitriles is 4. The van der Waals surface area contributed by atoms with Crippen molar-refractivity contribution in [3.63, 3.8) is 0 Å². The van der Waals surface area contributed by atoms with E-state index in [1.165, 1.54) is 46.9 Å². The molecule has 0 radical (unpaired) electrons. The zero-order chi connectivity index (χ0) is 95.6. The van der Waals surface area contributed by atoms with E-state index in [4.69, 9.17) is 0 Å². The van der Waals surface area contributed by atoms with E-state index in [0.29, 0.717) is 110 Å². The highest BCUT2D eigenvalue weighted by atomic mass is 32.1. The molecule has 8 nitrogen and oxygen atoms in total. The Balaban J connectivity index is 0.000000148. The fourth-order valence-corrected chi connectivity index (χ4v) is 25.8. The first kappa shape index (κ1) is 84.9. The average Bonchev–Trinajstić information content (AvgIpc) is 1.49. The van der Waals surface area contributed by atoms with Crippen LogP contribution in [0.3, 0.4) is 0 Å². The standard InChI is InChI=1S/2C58H28F6N4S2/c59-57(60,61)31-23-25-47-41(27-31)33-11-1-5-19-45(33)67(47)53-43(29-65)51(39-17-9-15-37-35-13-3-7-21-49(35)69-55(37)39)54(68-46-20-6-2-12-34(46)42-28-32(58(62,63)64)24-26-48(42)68)52(44(53)30-66)40-18-10-16-38-36-14-4-8-22-50(36)70-56(38)40;59-57(60,61)33-19-23-37-35-9-1-5-13-45(35)67(47(37)27-33)55-43(29-65)53(31-17-21-41-39-11-3-7-15-49(39)69-51(41)25-31)56(68-46-14-6-2-10-36(46)38-24-20-34(28-48(38)68)58(62,63)64)54(44(55)30-66)32-18-22-42-40-12-4-8-16-50(40)70-52(42)26-32/h2*1-28H. The van der Waals surface area contributed by atoms with Crippen molar-refractivity contribution in [2.75, 3.05) is 0 Å². The molecule has 0 aliphatic rings. The van der Waals surface area contributed by atoms with Gasteiger partial charge in [-0.25, -0.2) is 0 Å². The second kappa shape index (κ2) is 31.4. The van der Waals surface area contributed by atoms with E-state index in [9.17, 15) is 73.7 Å². The molecule has 0 saturated carbocycles. The predicted octanol–water partition coefficient (Wildman–Crippen LogP) is 35.5. The van der Waals surface area contributed by atoms with Crippen LogP contribution in [0.25, 0.3) is 235 Å². The lowest BCUT2D eigenvalue weighted by atomic mass is 9.85. The SMILES string of the molecule is N#Cc1c(-c2ccc3c(c2)sc2ccccc23)c(-n2c3ccccc3c3ccc(C(F)(F)F)cc32)c(-c2ccc3c(c2)sc2ccccc23)c(C#N)c1-n1c2ccccc2c2ccc(C(F)(F)F)cc21.N#Cc1c(-c2cccc3c2sc2ccccc23)c(-n2c3ccccc3c3cc(C(F)(F)F)ccc32)c(-c2cccc3c2sc2ccccc23)c(C#N)c1-n1c2ccccc2c2cc(C(F)(F)F)ccc21. The van der Waals surface area contributed by atoms with Crippen LogP contribution in [0, 0.1) is 45.3 Å². The second-order valence-corrected chi connectivity index (χ2v) is 38.6. The molecule has 26 aromatic rings. The first-order valence-corrected chi connectivity index (χ1v) is 47.3. The number of aromatic nitrogens is 4. The topological polar surface area (TPSA) is 115 Å². The van der Waals surface area contributed by atoms with Crippen LogP contribution < -0.4 is 0 Å². The van der Waals surface area contributed by atoms with Crippen molar-refractivity contribution in [2.45, 2.75) is 24.7 Å². The number of fused-ring (bicyclic) bond motifs is 24. The van der Waals surface area contributed by atoms with Gasteiger partial charge in [-0.1, -0.05) is 218 Å². The lowest BCUT2D eigenvalue weighted by Crippen LogP contribution is -2.12. The molecule has 24 heteroatoms.